The Hall–Kier alpha value is -2.49. The second-order valence-corrected chi connectivity index (χ2v) is 5.86. The van der Waals surface area contributed by atoms with Crippen LogP contribution in [-0.4, -0.2) is 11.6 Å². The predicted molar refractivity (Wildman–Crippen MR) is 90.7 cm³/mol. The zero-order chi connectivity index (χ0) is 16.7. The lowest BCUT2D eigenvalue weighted by molar-refractivity contribution is -0.120. The summed E-state index contributed by atoms with van der Waals surface area (Å²) in [5, 5.41) is 4.29. The van der Waals surface area contributed by atoms with Gasteiger partial charge in [0.1, 0.15) is 5.82 Å². The van der Waals surface area contributed by atoms with Crippen LogP contribution in [0.4, 0.5) is 4.39 Å². The van der Waals surface area contributed by atoms with E-state index in [-0.39, 0.29) is 18.1 Å². The van der Waals surface area contributed by atoms with Crippen LogP contribution in [0, 0.1) is 11.7 Å². The average Bonchev–Trinajstić information content (AvgIpc) is 2.54. The maximum Gasteiger partial charge on any atom is 0.244 e. The molecule has 0 saturated heterocycles. The molecular formula is C19H21FN2O. The van der Waals surface area contributed by atoms with E-state index in [0.29, 0.717) is 5.92 Å². The summed E-state index contributed by atoms with van der Waals surface area (Å²) in [4.78, 5) is 12.0. The largest absolute Gasteiger partial charge is 0.273 e. The molecule has 2 aromatic rings. The van der Waals surface area contributed by atoms with E-state index in [1.165, 1.54) is 12.1 Å². The third-order valence-electron chi connectivity index (χ3n) is 3.30. The molecule has 0 aliphatic rings. The molecule has 120 valence electrons. The zero-order valence-corrected chi connectivity index (χ0v) is 13.4. The Labute approximate surface area is 136 Å². The summed E-state index contributed by atoms with van der Waals surface area (Å²) in [6, 6.07) is 15.7. The Morgan fingerprint density at radius 1 is 1.09 bits per heavy atom. The molecule has 4 heteroatoms. The smallest absolute Gasteiger partial charge is 0.244 e. The lowest BCUT2D eigenvalue weighted by Crippen LogP contribution is -2.22. The van der Waals surface area contributed by atoms with Gasteiger partial charge in [-0.15, -0.1) is 0 Å². The van der Waals surface area contributed by atoms with E-state index < -0.39 is 0 Å². The molecule has 0 bridgehead atoms. The lowest BCUT2D eigenvalue weighted by atomic mass is 10.0. The van der Waals surface area contributed by atoms with Gasteiger partial charge in [0.25, 0.3) is 0 Å². The third kappa shape index (κ3) is 5.66. The molecule has 3 nitrogen and oxygen atoms in total. The summed E-state index contributed by atoms with van der Waals surface area (Å²) >= 11 is 0. The monoisotopic (exact) mass is 312 g/mol. The van der Waals surface area contributed by atoms with Gasteiger partial charge in [0.15, 0.2) is 0 Å². The van der Waals surface area contributed by atoms with Gasteiger partial charge >= 0.3 is 0 Å². The van der Waals surface area contributed by atoms with Gasteiger partial charge in [0.2, 0.25) is 5.91 Å². The number of hydrazone groups is 1. The first-order valence-corrected chi connectivity index (χ1v) is 7.70. The minimum absolute atomic E-state index is 0.174. The number of nitrogens with one attached hydrogen (secondary N) is 1. The molecule has 2 aromatic carbocycles. The Bertz CT molecular complexity index is 664. The fraction of sp³-hybridized carbons (Fsp3) is 0.263. The van der Waals surface area contributed by atoms with Crippen molar-refractivity contribution in [1.82, 2.24) is 5.43 Å². The highest BCUT2D eigenvalue weighted by atomic mass is 19.1. The second kappa shape index (κ2) is 8.22. The molecule has 0 atom stereocenters. The number of carbonyl (C=O) groups is 1. The van der Waals surface area contributed by atoms with Crippen molar-refractivity contribution in [3.63, 3.8) is 0 Å². The number of hydrogen-bond donors (Lipinski definition) is 1. The first-order chi connectivity index (χ1) is 11.0. The molecule has 0 unspecified atom stereocenters. The molecule has 0 aliphatic carbocycles. The molecule has 0 saturated carbocycles. The number of halogens is 1. The third-order valence-corrected chi connectivity index (χ3v) is 3.30. The van der Waals surface area contributed by atoms with Crippen molar-refractivity contribution in [1.29, 1.82) is 0 Å². The van der Waals surface area contributed by atoms with E-state index in [0.717, 1.165) is 23.3 Å². The van der Waals surface area contributed by atoms with E-state index in [9.17, 15) is 9.18 Å². The van der Waals surface area contributed by atoms with Gasteiger partial charge in [-0.2, -0.15) is 5.10 Å². The standard InChI is InChI=1S/C19H21FN2O/c1-14(2)12-18(16-6-4-3-5-7-16)21-22-19(23)13-15-8-10-17(20)11-9-15/h3-11,14H,12-13H2,1-2H3,(H,22,23)/b21-18+. The SMILES string of the molecule is CC(C)C/C(=N\NC(=O)Cc1ccc(F)cc1)c1ccccc1. The minimum atomic E-state index is -0.310. The molecule has 0 aliphatic heterocycles. The maximum atomic E-state index is 12.9. The second-order valence-electron chi connectivity index (χ2n) is 5.86. The molecule has 0 spiro atoms. The summed E-state index contributed by atoms with van der Waals surface area (Å²) in [5.41, 5.74) is 5.22. The molecule has 1 amide bonds. The van der Waals surface area contributed by atoms with Gasteiger partial charge in [0, 0.05) is 0 Å². The summed E-state index contributed by atoms with van der Waals surface area (Å²) in [7, 11) is 0. The van der Waals surface area contributed by atoms with E-state index in [1.807, 2.05) is 30.3 Å². The van der Waals surface area contributed by atoms with Crippen molar-refractivity contribution >= 4 is 11.6 Å². The number of benzene rings is 2. The number of rotatable bonds is 6. The van der Waals surface area contributed by atoms with Crippen molar-refractivity contribution in [2.45, 2.75) is 26.7 Å². The number of amides is 1. The molecule has 0 radical (unpaired) electrons. The molecule has 0 heterocycles. The van der Waals surface area contributed by atoms with E-state index in [4.69, 9.17) is 0 Å². The van der Waals surface area contributed by atoms with E-state index in [1.54, 1.807) is 12.1 Å². The van der Waals surface area contributed by atoms with Crippen LogP contribution in [0.3, 0.4) is 0 Å². The van der Waals surface area contributed by atoms with Gasteiger partial charge < -0.3 is 0 Å². The Balaban J connectivity index is 2.04. The van der Waals surface area contributed by atoms with Crippen LogP contribution in [-0.2, 0) is 11.2 Å². The van der Waals surface area contributed by atoms with E-state index in [2.05, 4.69) is 24.4 Å². The molecule has 1 N–H and O–H groups in total. The molecule has 23 heavy (non-hydrogen) atoms. The fourth-order valence-corrected chi connectivity index (χ4v) is 2.20. The van der Waals surface area contributed by atoms with Crippen LogP contribution < -0.4 is 5.43 Å². The highest BCUT2D eigenvalue weighted by molar-refractivity contribution is 6.01. The van der Waals surface area contributed by atoms with Gasteiger partial charge in [-0.1, -0.05) is 56.3 Å². The number of hydrogen-bond acceptors (Lipinski definition) is 2. The van der Waals surface area contributed by atoms with Gasteiger partial charge in [-0.05, 0) is 35.6 Å². The minimum Gasteiger partial charge on any atom is -0.273 e. The van der Waals surface area contributed by atoms with E-state index >= 15 is 0 Å². The van der Waals surface area contributed by atoms with Crippen molar-refractivity contribution in [2.75, 3.05) is 0 Å². The highest BCUT2D eigenvalue weighted by Crippen LogP contribution is 2.10. The summed E-state index contributed by atoms with van der Waals surface area (Å²) in [5.74, 6) is -0.0905. The van der Waals surface area contributed by atoms with Crippen LogP contribution in [0.2, 0.25) is 0 Å². The summed E-state index contributed by atoms with van der Waals surface area (Å²) in [6.07, 6.45) is 0.953. The van der Waals surface area contributed by atoms with Gasteiger partial charge in [-0.25, -0.2) is 9.82 Å². The highest BCUT2D eigenvalue weighted by Gasteiger charge is 2.08. The summed E-state index contributed by atoms with van der Waals surface area (Å²) in [6.45, 7) is 4.22. The van der Waals surface area contributed by atoms with Crippen molar-refractivity contribution in [3.8, 4) is 0 Å². The van der Waals surface area contributed by atoms with Gasteiger partial charge in [-0.3, -0.25) is 4.79 Å². The maximum absolute atomic E-state index is 12.9. The van der Waals surface area contributed by atoms with Gasteiger partial charge in [0.05, 0.1) is 12.1 Å². The quantitative estimate of drug-likeness (QED) is 0.637. The van der Waals surface area contributed by atoms with Crippen LogP contribution in [0.5, 0.6) is 0 Å². The average molecular weight is 312 g/mol. The lowest BCUT2D eigenvalue weighted by Gasteiger charge is -2.10. The van der Waals surface area contributed by atoms with Crippen molar-refractivity contribution in [2.24, 2.45) is 11.0 Å². The number of nitrogens with zero attached hydrogens (tertiary/aromatic N) is 1. The normalized spacial score (nSPS) is 11.6. The Morgan fingerprint density at radius 3 is 2.35 bits per heavy atom. The van der Waals surface area contributed by atoms with Crippen molar-refractivity contribution in [3.05, 3.63) is 71.5 Å². The topological polar surface area (TPSA) is 41.5 Å². The predicted octanol–water partition coefficient (Wildman–Crippen LogP) is 3.93. The Morgan fingerprint density at radius 2 is 1.74 bits per heavy atom. The summed E-state index contributed by atoms with van der Waals surface area (Å²) < 4.78 is 12.9. The zero-order valence-electron chi connectivity index (χ0n) is 13.4. The van der Waals surface area contributed by atoms with Crippen LogP contribution >= 0.6 is 0 Å². The van der Waals surface area contributed by atoms with Crippen LogP contribution in [0.15, 0.2) is 59.7 Å². The van der Waals surface area contributed by atoms with Crippen LogP contribution in [0.1, 0.15) is 31.4 Å². The van der Waals surface area contributed by atoms with Crippen LogP contribution in [0.25, 0.3) is 0 Å². The fourth-order valence-electron chi connectivity index (χ4n) is 2.20. The molecule has 2 rings (SSSR count). The molecular weight excluding hydrogens is 291 g/mol. The first-order valence-electron chi connectivity index (χ1n) is 7.70. The molecule has 0 aromatic heterocycles. The Kier molecular flexibility index (Phi) is 6.03. The first kappa shape index (κ1) is 16.9. The number of carbonyl (C=O) groups excluding carboxylic acids is 1. The van der Waals surface area contributed by atoms with Crippen molar-refractivity contribution < 1.29 is 9.18 Å². The molecule has 0 fully saturated rings.